The Hall–Kier alpha value is -3.63. The maximum absolute atomic E-state index is 13.9. The van der Waals surface area contributed by atoms with E-state index in [1.807, 2.05) is 18.2 Å². The van der Waals surface area contributed by atoms with Crippen molar-refractivity contribution in [3.05, 3.63) is 74.9 Å². The minimum Gasteiger partial charge on any atom is -0.493 e. The molecule has 2 aromatic carbocycles. The van der Waals surface area contributed by atoms with E-state index in [2.05, 4.69) is 10.6 Å². The highest BCUT2D eigenvalue weighted by Gasteiger charge is 2.28. The second-order valence-electron chi connectivity index (χ2n) is 9.88. The smallest absolute Gasteiger partial charge is 0.295 e. The SMILES string of the molecule is CCOc1cc(F)c(Cl)cc1C(=O)NCC(C)(C)CC(=O)Nc1c([C@H](C)OC)n(C)n(-c2ccccc2)c1=O. The van der Waals surface area contributed by atoms with E-state index in [9.17, 15) is 18.8 Å². The molecule has 1 aromatic heterocycles. The Bertz CT molecular complexity index is 1400. The Balaban J connectivity index is 1.78. The van der Waals surface area contributed by atoms with Gasteiger partial charge < -0.3 is 20.1 Å². The number of para-hydroxylation sites is 1. The number of anilines is 1. The van der Waals surface area contributed by atoms with Crippen LogP contribution in [0.1, 0.15) is 56.3 Å². The second-order valence-corrected chi connectivity index (χ2v) is 10.3. The number of ether oxygens (including phenoxy) is 2. The average Bonchev–Trinajstić information content (AvgIpc) is 3.13. The molecule has 1 heterocycles. The van der Waals surface area contributed by atoms with Gasteiger partial charge in [0.15, 0.2) is 0 Å². The first-order chi connectivity index (χ1) is 18.4. The lowest BCUT2D eigenvalue weighted by molar-refractivity contribution is -0.118. The predicted octanol–water partition coefficient (Wildman–Crippen LogP) is 4.86. The third-order valence-corrected chi connectivity index (χ3v) is 6.54. The number of hydrogen-bond acceptors (Lipinski definition) is 5. The highest BCUT2D eigenvalue weighted by molar-refractivity contribution is 6.31. The van der Waals surface area contributed by atoms with Crippen LogP contribution in [0.4, 0.5) is 10.1 Å². The fraction of sp³-hybridized carbons (Fsp3) is 0.393. The molecule has 0 aliphatic heterocycles. The van der Waals surface area contributed by atoms with Gasteiger partial charge in [-0.1, -0.05) is 43.6 Å². The van der Waals surface area contributed by atoms with E-state index in [1.54, 1.807) is 51.6 Å². The van der Waals surface area contributed by atoms with E-state index >= 15 is 0 Å². The molecule has 0 unspecified atom stereocenters. The van der Waals surface area contributed by atoms with Gasteiger partial charge in [-0.25, -0.2) is 9.07 Å². The Morgan fingerprint density at radius 2 is 1.85 bits per heavy atom. The minimum atomic E-state index is -0.699. The van der Waals surface area contributed by atoms with E-state index in [-0.39, 0.29) is 41.6 Å². The molecule has 39 heavy (non-hydrogen) atoms. The summed E-state index contributed by atoms with van der Waals surface area (Å²) in [6.07, 6.45) is -0.478. The Morgan fingerprint density at radius 3 is 2.46 bits per heavy atom. The van der Waals surface area contributed by atoms with Crippen LogP contribution < -0.4 is 20.9 Å². The first kappa shape index (κ1) is 29.9. The van der Waals surface area contributed by atoms with Gasteiger partial charge in [0.1, 0.15) is 17.3 Å². The minimum absolute atomic E-state index is 0.00372. The third-order valence-electron chi connectivity index (χ3n) is 6.25. The number of nitrogens with one attached hydrogen (secondary N) is 2. The molecule has 0 aliphatic rings. The molecule has 2 N–H and O–H groups in total. The fourth-order valence-electron chi connectivity index (χ4n) is 4.25. The number of nitrogens with zero attached hydrogens (tertiary/aromatic N) is 2. The van der Waals surface area contributed by atoms with Gasteiger partial charge in [0.25, 0.3) is 11.5 Å². The van der Waals surface area contributed by atoms with Crippen molar-refractivity contribution in [3.8, 4) is 11.4 Å². The van der Waals surface area contributed by atoms with Crippen LogP contribution in [0, 0.1) is 11.2 Å². The van der Waals surface area contributed by atoms with E-state index in [4.69, 9.17) is 21.1 Å². The number of aromatic nitrogens is 2. The first-order valence-electron chi connectivity index (χ1n) is 12.5. The molecule has 0 fully saturated rings. The van der Waals surface area contributed by atoms with Crippen molar-refractivity contribution >= 4 is 29.1 Å². The van der Waals surface area contributed by atoms with Crippen LogP contribution in [-0.2, 0) is 16.6 Å². The molecule has 3 rings (SSSR count). The van der Waals surface area contributed by atoms with Crippen molar-refractivity contribution in [2.75, 3.05) is 25.6 Å². The van der Waals surface area contributed by atoms with Crippen molar-refractivity contribution in [1.82, 2.24) is 14.7 Å². The van der Waals surface area contributed by atoms with Crippen LogP contribution in [0.15, 0.2) is 47.3 Å². The number of amides is 2. The summed E-state index contributed by atoms with van der Waals surface area (Å²) < 4.78 is 27.9. The standard InChI is InChI=1S/C28H34ClFN4O5/c1-7-39-22-14-21(30)20(29)13-19(22)26(36)31-16-28(3,4)15-23(35)32-24-25(17(2)38-6)33(5)34(27(24)37)18-11-9-8-10-12-18/h8-14,17H,7,15-16H2,1-6H3,(H,31,36)(H,32,35)/t17-/m0/s1. The van der Waals surface area contributed by atoms with Crippen molar-refractivity contribution in [3.63, 3.8) is 0 Å². The number of carbonyl (C=O) groups is 2. The van der Waals surface area contributed by atoms with E-state index in [0.29, 0.717) is 11.4 Å². The summed E-state index contributed by atoms with van der Waals surface area (Å²) in [6, 6.07) is 11.4. The van der Waals surface area contributed by atoms with Crippen molar-refractivity contribution in [2.24, 2.45) is 12.5 Å². The van der Waals surface area contributed by atoms with Gasteiger partial charge in [-0.3, -0.25) is 19.1 Å². The Labute approximate surface area is 231 Å². The molecule has 0 saturated heterocycles. The summed E-state index contributed by atoms with van der Waals surface area (Å²) in [7, 11) is 3.25. The molecular weight excluding hydrogens is 527 g/mol. The van der Waals surface area contributed by atoms with Gasteiger partial charge in [-0.2, -0.15) is 0 Å². The molecule has 0 bridgehead atoms. The zero-order chi connectivity index (χ0) is 28.9. The lowest BCUT2D eigenvalue weighted by Gasteiger charge is -2.24. The second kappa shape index (κ2) is 12.5. The van der Waals surface area contributed by atoms with Crippen LogP contribution in [0.3, 0.4) is 0 Å². The fourth-order valence-corrected chi connectivity index (χ4v) is 4.42. The maximum atomic E-state index is 13.9. The molecular formula is C28H34ClFN4O5. The maximum Gasteiger partial charge on any atom is 0.295 e. The quantitative estimate of drug-likeness (QED) is 0.349. The van der Waals surface area contributed by atoms with Gasteiger partial charge in [0, 0.05) is 33.2 Å². The third kappa shape index (κ3) is 6.88. The van der Waals surface area contributed by atoms with Gasteiger partial charge in [0.2, 0.25) is 5.91 Å². The predicted molar refractivity (Wildman–Crippen MR) is 148 cm³/mol. The van der Waals surface area contributed by atoms with Crippen LogP contribution >= 0.6 is 11.6 Å². The van der Waals surface area contributed by atoms with Crippen molar-refractivity contribution in [2.45, 2.75) is 40.2 Å². The molecule has 0 spiro atoms. The zero-order valence-electron chi connectivity index (χ0n) is 22.9. The van der Waals surface area contributed by atoms with E-state index < -0.39 is 34.7 Å². The monoisotopic (exact) mass is 560 g/mol. The summed E-state index contributed by atoms with van der Waals surface area (Å²) in [5.74, 6) is -1.53. The molecule has 9 nitrogen and oxygen atoms in total. The number of hydrogen-bond donors (Lipinski definition) is 2. The normalized spacial score (nSPS) is 12.2. The highest BCUT2D eigenvalue weighted by atomic mass is 35.5. The molecule has 11 heteroatoms. The van der Waals surface area contributed by atoms with Crippen LogP contribution in [0.2, 0.25) is 5.02 Å². The van der Waals surface area contributed by atoms with Gasteiger partial charge >= 0.3 is 0 Å². The average molecular weight is 561 g/mol. The number of carbonyl (C=O) groups excluding carboxylic acids is 2. The summed E-state index contributed by atoms with van der Waals surface area (Å²) >= 11 is 5.87. The molecule has 210 valence electrons. The van der Waals surface area contributed by atoms with Gasteiger partial charge in [0.05, 0.1) is 34.7 Å². The number of methoxy groups -OCH3 is 1. The zero-order valence-corrected chi connectivity index (χ0v) is 23.7. The molecule has 2 amide bonds. The molecule has 0 aliphatic carbocycles. The lowest BCUT2D eigenvalue weighted by atomic mass is 9.88. The van der Waals surface area contributed by atoms with Crippen LogP contribution in [0.5, 0.6) is 5.75 Å². The van der Waals surface area contributed by atoms with Crippen LogP contribution in [-0.4, -0.2) is 41.4 Å². The van der Waals surface area contributed by atoms with E-state index in [1.165, 1.54) is 17.9 Å². The first-order valence-corrected chi connectivity index (χ1v) is 12.9. The summed E-state index contributed by atoms with van der Waals surface area (Å²) in [5, 5.41) is 5.34. The lowest BCUT2D eigenvalue weighted by Crippen LogP contribution is -2.37. The van der Waals surface area contributed by atoms with Gasteiger partial charge in [-0.05, 0) is 37.5 Å². The van der Waals surface area contributed by atoms with Crippen molar-refractivity contribution in [1.29, 1.82) is 0 Å². The van der Waals surface area contributed by atoms with Crippen LogP contribution in [0.25, 0.3) is 5.69 Å². The molecule has 0 radical (unpaired) electrons. The molecule has 3 aromatic rings. The number of rotatable bonds is 11. The summed E-state index contributed by atoms with van der Waals surface area (Å²) in [4.78, 5) is 39.4. The van der Waals surface area contributed by atoms with E-state index in [0.717, 1.165) is 6.07 Å². The van der Waals surface area contributed by atoms with Crippen molar-refractivity contribution < 1.29 is 23.5 Å². The Kier molecular flexibility index (Phi) is 9.58. The molecule has 0 saturated carbocycles. The highest BCUT2D eigenvalue weighted by Crippen LogP contribution is 2.28. The number of halogens is 2. The Morgan fingerprint density at radius 1 is 1.18 bits per heavy atom. The topological polar surface area (TPSA) is 104 Å². The summed E-state index contributed by atoms with van der Waals surface area (Å²) in [6.45, 7) is 7.47. The molecule has 1 atom stereocenters. The summed E-state index contributed by atoms with van der Waals surface area (Å²) in [5.41, 5.74) is 0.289. The largest absolute Gasteiger partial charge is 0.493 e. The number of benzene rings is 2. The van der Waals surface area contributed by atoms with Gasteiger partial charge in [-0.15, -0.1) is 0 Å².